The molecule has 4 N–H and O–H groups in total. The number of likely N-dealkylation sites (N-methyl/N-ethyl adjacent to an activating group) is 1. The molecule has 0 fully saturated rings. The Hall–Kier alpha value is -2.58. The molecule has 1 aromatic carbocycles. The molecule has 0 bridgehead atoms. The predicted molar refractivity (Wildman–Crippen MR) is 117 cm³/mol. The van der Waals surface area contributed by atoms with Gasteiger partial charge in [0.05, 0.1) is 13.1 Å². The third kappa shape index (κ3) is 7.75. The summed E-state index contributed by atoms with van der Waals surface area (Å²) >= 11 is 1.52. The van der Waals surface area contributed by atoms with Gasteiger partial charge in [0, 0.05) is 18.0 Å². The predicted octanol–water partition coefficient (Wildman–Crippen LogP) is 2.23. The highest BCUT2D eigenvalue weighted by atomic mass is 32.1. The number of carbonyl (C=O) groups is 1. The third-order valence-electron chi connectivity index (χ3n) is 4.06. The monoisotopic (exact) mass is 418 g/mol. The fourth-order valence-electron chi connectivity index (χ4n) is 2.57. The SMILES string of the molecule is CCNC(=O)COc1cccc(CN=C(NCC)NCC(C)(O)c2cccs2)c1. The maximum absolute atomic E-state index is 11.5. The van der Waals surface area contributed by atoms with Crippen LogP contribution in [0.3, 0.4) is 0 Å². The van der Waals surface area contributed by atoms with Crippen molar-refractivity contribution in [3.8, 4) is 5.75 Å². The number of guanidine groups is 1. The summed E-state index contributed by atoms with van der Waals surface area (Å²) in [6.07, 6.45) is 0. The number of hydrogen-bond acceptors (Lipinski definition) is 5. The van der Waals surface area contributed by atoms with Crippen LogP contribution in [-0.4, -0.2) is 43.2 Å². The molecule has 2 aromatic rings. The average Bonchev–Trinajstić information content (AvgIpc) is 3.25. The standard InChI is InChI=1S/C21H30N4O3S/c1-4-22-19(26)14-28-17-9-6-8-16(12-17)13-24-20(23-5-2)25-15-21(3,27)18-10-7-11-29-18/h6-12,27H,4-5,13-15H2,1-3H3,(H,22,26)(H2,23,24,25). The van der Waals surface area contributed by atoms with E-state index in [2.05, 4.69) is 20.9 Å². The van der Waals surface area contributed by atoms with Gasteiger partial charge in [-0.2, -0.15) is 0 Å². The zero-order valence-electron chi connectivity index (χ0n) is 17.2. The number of amides is 1. The molecular formula is C21H30N4O3S. The number of nitrogens with zero attached hydrogens (tertiary/aromatic N) is 1. The molecule has 1 aromatic heterocycles. The van der Waals surface area contributed by atoms with E-state index in [-0.39, 0.29) is 12.5 Å². The minimum atomic E-state index is -0.975. The van der Waals surface area contributed by atoms with Crippen LogP contribution in [0, 0.1) is 0 Å². The van der Waals surface area contributed by atoms with E-state index in [9.17, 15) is 9.90 Å². The van der Waals surface area contributed by atoms with Gasteiger partial charge in [-0.3, -0.25) is 4.79 Å². The zero-order valence-corrected chi connectivity index (χ0v) is 18.0. The lowest BCUT2D eigenvalue weighted by atomic mass is 10.1. The second-order valence-electron chi connectivity index (χ2n) is 6.69. The van der Waals surface area contributed by atoms with Crippen molar-refractivity contribution in [3.63, 3.8) is 0 Å². The van der Waals surface area contributed by atoms with E-state index in [4.69, 9.17) is 4.74 Å². The van der Waals surface area contributed by atoms with E-state index in [0.29, 0.717) is 37.9 Å². The van der Waals surface area contributed by atoms with Crippen molar-refractivity contribution in [1.29, 1.82) is 0 Å². The Morgan fingerprint density at radius 2 is 1.97 bits per heavy atom. The van der Waals surface area contributed by atoms with Crippen molar-refractivity contribution < 1.29 is 14.6 Å². The average molecular weight is 419 g/mol. The number of aliphatic imine (C=N–C) groups is 1. The second-order valence-corrected chi connectivity index (χ2v) is 7.64. The van der Waals surface area contributed by atoms with Gasteiger partial charge in [0.1, 0.15) is 11.4 Å². The maximum atomic E-state index is 11.5. The Kier molecular flexibility index (Phi) is 8.95. The van der Waals surface area contributed by atoms with Crippen LogP contribution >= 0.6 is 11.3 Å². The zero-order chi connectivity index (χ0) is 21.1. The van der Waals surface area contributed by atoms with E-state index in [1.165, 1.54) is 11.3 Å². The van der Waals surface area contributed by atoms with Crippen molar-refractivity contribution in [3.05, 3.63) is 52.2 Å². The van der Waals surface area contributed by atoms with Crippen LogP contribution in [0.5, 0.6) is 5.75 Å². The molecule has 0 saturated heterocycles. The number of ether oxygens (including phenoxy) is 1. The van der Waals surface area contributed by atoms with E-state index in [1.54, 1.807) is 6.92 Å². The molecule has 0 aliphatic rings. The summed E-state index contributed by atoms with van der Waals surface area (Å²) in [5, 5.41) is 21.7. The van der Waals surface area contributed by atoms with Crippen LogP contribution in [0.1, 0.15) is 31.2 Å². The molecular weight excluding hydrogens is 388 g/mol. The Bertz CT molecular complexity index is 791. The van der Waals surface area contributed by atoms with Gasteiger partial charge in [0.25, 0.3) is 5.91 Å². The highest BCUT2D eigenvalue weighted by Crippen LogP contribution is 2.24. The summed E-state index contributed by atoms with van der Waals surface area (Å²) in [7, 11) is 0. The maximum Gasteiger partial charge on any atom is 0.257 e. The van der Waals surface area contributed by atoms with E-state index in [1.807, 2.05) is 55.6 Å². The number of nitrogens with one attached hydrogen (secondary N) is 3. The van der Waals surface area contributed by atoms with E-state index >= 15 is 0 Å². The molecule has 0 saturated carbocycles. The number of thiophene rings is 1. The Morgan fingerprint density at radius 3 is 2.66 bits per heavy atom. The summed E-state index contributed by atoms with van der Waals surface area (Å²) in [5.74, 6) is 1.10. The fraction of sp³-hybridized carbons (Fsp3) is 0.429. The van der Waals surface area contributed by atoms with E-state index in [0.717, 1.165) is 10.4 Å². The summed E-state index contributed by atoms with van der Waals surface area (Å²) in [4.78, 5) is 17.0. The highest BCUT2D eigenvalue weighted by molar-refractivity contribution is 7.10. The second kappa shape index (κ2) is 11.4. The minimum absolute atomic E-state index is 0.0113. The van der Waals surface area contributed by atoms with Gasteiger partial charge >= 0.3 is 0 Å². The molecule has 1 heterocycles. The Morgan fingerprint density at radius 1 is 1.17 bits per heavy atom. The van der Waals surface area contributed by atoms with Crippen molar-refractivity contribution in [1.82, 2.24) is 16.0 Å². The largest absolute Gasteiger partial charge is 0.484 e. The van der Waals surface area contributed by atoms with Gasteiger partial charge in [-0.25, -0.2) is 4.99 Å². The molecule has 8 heteroatoms. The molecule has 7 nitrogen and oxygen atoms in total. The lowest BCUT2D eigenvalue weighted by molar-refractivity contribution is -0.122. The molecule has 1 atom stereocenters. The lowest BCUT2D eigenvalue weighted by Gasteiger charge is -2.23. The Labute approximate surface area is 176 Å². The molecule has 0 spiro atoms. The van der Waals surface area contributed by atoms with Gasteiger partial charge in [-0.05, 0) is 49.9 Å². The first kappa shape index (κ1) is 22.7. The van der Waals surface area contributed by atoms with Gasteiger partial charge < -0.3 is 25.8 Å². The number of benzene rings is 1. The normalized spacial score (nSPS) is 13.4. The van der Waals surface area contributed by atoms with Gasteiger partial charge in [0.15, 0.2) is 12.6 Å². The number of carbonyl (C=O) groups excluding carboxylic acids is 1. The van der Waals surface area contributed by atoms with Crippen molar-refractivity contribution >= 4 is 23.2 Å². The molecule has 0 aliphatic carbocycles. The van der Waals surface area contributed by atoms with Crippen LogP contribution < -0.4 is 20.7 Å². The quantitative estimate of drug-likeness (QED) is 0.351. The molecule has 158 valence electrons. The van der Waals surface area contributed by atoms with Crippen LogP contribution in [0.2, 0.25) is 0 Å². The summed E-state index contributed by atoms with van der Waals surface area (Å²) < 4.78 is 5.53. The summed E-state index contributed by atoms with van der Waals surface area (Å²) in [6, 6.07) is 11.4. The van der Waals surface area contributed by atoms with Crippen molar-refractivity contribution in [2.45, 2.75) is 32.9 Å². The van der Waals surface area contributed by atoms with Crippen LogP contribution in [0.4, 0.5) is 0 Å². The van der Waals surface area contributed by atoms with Crippen LogP contribution in [-0.2, 0) is 16.9 Å². The first-order valence-electron chi connectivity index (χ1n) is 9.71. The Balaban J connectivity index is 1.95. The highest BCUT2D eigenvalue weighted by Gasteiger charge is 2.24. The van der Waals surface area contributed by atoms with Gasteiger partial charge in [0.2, 0.25) is 0 Å². The third-order valence-corrected chi connectivity index (χ3v) is 5.18. The van der Waals surface area contributed by atoms with Gasteiger partial charge in [-0.15, -0.1) is 11.3 Å². The lowest BCUT2D eigenvalue weighted by Crippen LogP contribution is -2.44. The smallest absolute Gasteiger partial charge is 0.257 e. The molecule has 1 unspecified atom stereocenters. The van der Waals surface area contributed by atoms with Crippen molar-refractivity contribution in [2.75, 3.05) is 26.2 Å². The molecule has 1 amide bonds. The number of aliphatic hydroxyl groups is 1. The fourth-order valence-corrected chi connectivity index (χ4v) is 3.36. The summed E-state index contributed by atoms with van der Waals surface area (Å²) in [5.41, 5.74) is -0.0161. The topological polar surface area (TPSA) is 95.0 Å². The summed E-state index contributed by atoms with van der Waals surface area (Å²) in [6.45, 7) is 7.70. The number of hydrogen-bond donors (Lipinski definition) is 4. The number of rotatable bonds is 10. The minimum Gasteiger partial charge on any atom is -0.484 e. The molecule has 2 rings (SSSR count). The molecule has 0 aliphatic heterocycles. The van der Waals surface area contributed by atoms with Crippen LogP contribution in [0.25, 0.3) is 0 Å². The van der Waals surface area contributed by atoms with E-state index < -0.39 is 5.60 Å². The molecule has 29 heavy (non-hydrogen) atoms. The first-order chi connectivity index (χ1) is 13.9. The molecule has 0 radical (unpaired) electrons. The van der Waals surface area contributed by atoms with Crippen molar-refractivity contribution in [2.24, 2.45) is 4.99 Å². The first-order valence-corrected chi connectivity index (χ1v) is 10.6. The van der Waals surface area contributed by atoms with Gasteiger partial charge in [-0.1, -0.05) is 18.2 Å². The van der Waals surface area contributed by atoms with Crippen LogP contribution in [0.15, 0.2) is 46.8 Å².